The maximum absolute atomic E-state index is 6.10. The molecule has 3 rings (SSSR count). The van der Waals surface area contributed by atoms with Crippen LogP contribution in [0.5, 0.6) is 0 Å². The van der Waals surface area contributed by atoms with E-state index in [0.717, 1.165) is 31.3 Å². The topological polar surface area (TPSA) is 34.2 Å². The molecule has 2 aromatic rings. The molecule has 2 heterocycles. The van der Waals surface area contributed by atoms with Crippen LogP contribution in [-0.2, 0) is 4.74 Å². The molecule has 1 N–H and O–H groups in total. The van der Waals surface area contributed by atoms with Crippen molar-refractivity contribution in [3.05, 3.63) is 42.1 Å². The van der Waals surface area contributed by atoms with E-state index >= 15 is 0 Å². The van der Waals surface area contributed by atoms with Gasteiger partial charge in [0, 0.05) is 11.6 Å². The van der Waals surface area contributed by atoms with Crippen LogP contribution in [0.1, 0.15) is 44.7 Å². The van der Waals surface area contributed by atoms with E-state index in [-0.39, 0.29) is 12.1 Å². The molecule has 1 saturated heterocycles. The highest BCUT2D eigenvalue weighted by molar-refractivity contribution is 5.79. The third kappa shape index (κ3) is 3.25. The number of aromatic nitrogens is 1. The molecule has 1 aromatic carbocycles. The Hall–Kier alpha value is -1.45. The van der Waals surface area contributed by atoms with Crippen molar-refractivity contribution >= 4 is 10.9 Å². The molecule has 0 amide bonds. The molecule has 112 valence electrons. The molecule has 3 unspecified atom stereocenters. The van der Waals surface area contributed by atoms with Crippen LogP contribution in [0.25, 0.3) is 10.9 Å². The van der Waals surface area contributed by atoms with Crippen molar-refractivity contribution in [1.29, 1.82) is 0 Å². The van der Waals surface area contributed by atoms with E-state index in [4.69, 9.17) is 4.74 Å². The van der Waals surface area contributed by atoms with Gasteiger partial charge in [0.1, 0.15) is 0 Å². The number of benzene rings is 1. The zero-order valence-corrected chi connectivity index (χ0v) is 12.9. The largest absolute Gasteiger partial charge is 0.373 e. The molecule has 1 aliphatic rings. The molecule has 0 bridgehead atoms. The lowest BCUT2D eigenvalue weighted by Crippen LogP contribution is -2.32. The van der Waals surface area contributed by atoms with E-state index < -0.39 is 0 Å². The number of nitrogens with zero attached hydrogens (tertiary/aromatic N) is 1. The first-order chi connectivity index (χ1) is 10.3. The smallest absolute Gasteiger partial charge is 0.0774 e. The molecule has 0 radical (unpaired) electrons. The first-order valence-corrected chi connectivity index (χ1v) is 8.01. The van der Waals surface area contributed by atoms with Crippen molar-refractivity contribution in [3.8, 4) is 0 Å². The Kier molecular flexibility index (Phi) is 4.51. The molecule has 1 fully saturated rings. The fourth-order valence-corrected chi connectivity index (χ4v) is 3.12. The molecular formula is C18H24N2O. The monoisotopic (exact) mass is 284 g/mol. The maximum Gasteiger partial charge on any atom is 0.0774 e. The lowest BCUT2D eigenvalue weighted by atomic mass is 9.97. The lowest BCUT2D eigenvalue weighted by Gasteiger charge is -2.25. The Bertz CT molecular complexity index is 599. The van der Waals surface area contributed by atoms with E-state index in [2.05, 4.69) is 48.4 Å². The summed E-state index contributed by atoms with van der Waals surface area (Å²) in [6, 6.07) is 10.9. The highest BCUT2D eigenvalue weighted by atomic mass is 16.5. The van der Waals surface area contributed by atoms with Crippen molar-refractivity contribution in [1.82, 2.24) is 10.3 Å². The number of pyridine rings is 1. The molecule has 21 heavy (non-hydrogen) atoms. The molecule has 3 atom stereocenters. The van der Waals surface area contributed by atoms with Gasteiger partial charge in [0.05, 0.1) is 23.8 Å². The zero-order chi connectivity index (χ0) is 14.7. The Morgan fingerprint density at radius 3 is 3.00 bits per heavy atom. The van der Waals surface area contributed by atoms with Crippen molar-refractivity contribution in [2.24, 2.45) is 0 Å². The fourth-order valence-electron chi connectivity index (χ4n) is 3.12. The SMILES string of the molecule is CCCNC(c1ccc2cccnc2c1)C1CCC(C)O1. The highest BCUT2D eigenvalue weighted by Gasteiger charge is 2.30. The first kappa shape index (κ1) is 14.5. The number of hydrogen-bond donors (Lipinski definition) is 1. The lowest BCUT2D eigenvalue weighted by molar-refractivity contribution is 0.0316. The molecule has 1 aliphatic heterocycles. The molecule has 3 nitrogen and oxygen atoms in total. The summed E-state index contributed by atoms with van der Waals surface area (Å²) < 4.78 is 6.10. The fraction of sp³-hybridized carbons (Fsp3) is 0.500. The average Bonchev–Trinajstić information content (AvgIpc) is 2.94. The second-order valence-corrected chi connectivity index (χ2v) is 5.95. The standard InChI is InChI=1S/C18H24N2O/c1-3-10-20-18(17-9-6-13(2)21-17)15-8-7-14-5-4-11-19-16(14)12-15/h4-5,7-8,11-13,17-18,20H,3,6,9-10H2,1-2H3. The summed E-state index contributed by atoms with van der Waals surface area (Å²) in [5.41, 5.74) is 2.35. The van der Waals surface area contributed by atoms with E-state index in [1.54, 1.807) is 0 Å². The average molecular weight is 284 g/mol. The van der Waals surface area contributed by atoms with Gasteiger partial charge in [-0.3, -0.25) is 4.98 Å². The number of nitrogens with one attached hydrogen (secondary N) is 1. The minimum atomic E-state index is 0.265. The highest BCUT2D eigenvalue weighted by Crippen LogP contribution is 2.31. The number of rotatable bonds is 5. The van der Waals surface area contributed by atoms with Crippen LogP contribution in [-0.4, -0.2) is 23.7 Å². The second-order valence-electron chi connectivity index (χ2n) is 5.95. The van der Waals surface area contributed by atoms with Gasteiger partial charge in [-0.15, -0.1) is 0 Å². The van der Waals surface area contributed by atoms with Crippen LogP contribution >= 0.6 is 0 Å². The molecule has 0 saturated carbocycles. The van der Waals surface area contributed by atoms with Gasteiger partial charge in [-0.25, -0.2) is 0 Å². The predicted octanol–water partition coefficient (Wildman–Crippen LogP) is 3.84. The van der Waals surface area contributed by atoms with Gasteiger partial charge in [-0.05, 0) is 50.4 Å². The Morgan fingerprint density at radius 2 is 2.24 bits per heavy atom. The third-order valence-electron chi connectivity index (χ3n) is 4.24. The summed E-state index contributed by atoms with van der Waals surface area (Å²) in [5, 5.41) is 4.85. The van der Waals surface area contributed by atoms with E-state index in [0.29, 0.717) is 6.10 Å². The normalized spacial score (nSPS) is 23.5. The Balaban J connectivity index is 1.89. The third-order valence-corrected chi connectivity index (χ3v) is 4.24. The maximum atomic E-state index is 6.10. The number of fused-ring (bicyclic) bond motifs is 1. The Labute approximate surface area is 126 Å². The summed E-state index contributed by atoms with van der Waals surface area (Å²) >= 11 is 0. The van der Waals surface area contributed by atoms with Crippen LogP contribution < -0.4 is 5.32 Å². The minimum Gasteiger partial charge on any atom is -0.373 e. The van der Waals surface area contributed by atoms with Crippen LogP contribution in [0.2, 0.25) is 0 Å². The van der Waals surface area contributed by atoms with Gasteiger partial charge < -0.3 is 10.1 Å². The summed E-state index contributed by atoms with van der Waals surface area (Å²) in [7, 11) is 0. The van der Waals surface area contributed by atoms with Crippen LogP contribution in [0.3, 0.4) is 0 Å². The van der Waals surface area contributed by atoms with Gasteiger partial charge in [0.15, 0.2) is 0 Å². The van der Waals surface area contributed by atoms with Crippen LogP contribution in [0.15, 0.2) is 36.5 Å². The van der Waals surface area contributed by atoms with Gasteiger partial charge >= 0.3 is 0 Å². The van der Waals surface area contributed by atoms with Gasteiger partial charge in [-0.2, -0.15) is 0 Å². The van der Waals surface area contributed by atoms with Crippen molar-refractivity contribution in [2.75, 3.05) is 6.54 Å². The summed E-state index contributed by atoms with van der Waals surface area (Å²) in [6.45, 7) is 5.38. The van der Waals surface area contributed by atoms with Crippen molar-refractivity contribution in [2.45, 2.75) is 51.4 Å². The van der Waals surface area contributed by atoms with Gasteiger partial charge in [0.25, 0.3) is 0 Å². The summed E-state index contributed by atoms with van der Waals surface area (Å²) in [6.07, 6.45) is 5.91. The zero-order valence-electron chi connectivity index (χ0n) is 12.9. The minimum absolute atomic E-state index is 0.265. The van der Waals surface area contributed by atoms with Gasteiger partial charge in [-0.1, -0.05) is 25.1 Å². The second kappa shape index (κ2) is 6.54. The van der Waals surface area contributed by atoms with E-state index in [1.807, 2.05) is 12.3 Å². The predicted molar refractivity (Wildman–Crippen MR) is 86.3 cm³/mol. The van der Waals surface area contributed by atoms with E-state index in [1.165, 1.54) is 10.9 Å². The van der Waals surface area contributed by atoms with Crippen molar-refractivity contribution in [3.63, 3.8) is 0 Å². The number of ether oxygens (including phenoxy) is 1. The van der Waals surface area contributed by atoms with Crippen LogP contribution in [0, 0.1) is 0 Å². The van der Waals surface area contributed by atoms with Gasteiger partial charge in [0.2, 0.25) is 0 Å². The Morgan fingerprint density at radius 1 is 1.33 bits per heavy atom. The molecule has 1 aromatic heterocycles. The summed E-state index contributed by atoms with van der Waals surface area (Å²) in [5.74, 6) is 0. The van der Waals surface area contributed by atoms with Crippen LogP contribution in [0.4, 0.5) is 0 Å². The molecular weight excluding hydrogens is 260 g/mol. The molecule has 0 spiro atoms. The number of hydrogen-bond acceptors (Lipinski definition) is 3. The molecule has 3 heteroatoms. The first-order valence-electron chi connectivity index (χ1n) is 8.01. The molecule has 0 aliphatic carbocycles. The van der Waals surface area contributed by atoms with Crippen molar-refractivity contribution < 1.29 is 4.74 Å². The summed E-state index contributed by atoms with van der Waals surface area (Å²) in [4.78, 5) is 4.48. The van der Waals surface area contributed by atoms with E-state index in [9.17, 15) is 0 Å². The quantitative estimate of drug-likeness (QED) is 0.905.